The SMILES string of the molecule is COCC(O)CC1CCN(C)C1. The minimum Gasteiger partial charge on any atom is -0.391 e. The van der Waals surface area contributed by atoms with Crippen LogP contribution in [0.2, 0.25) is 0 Å². The van der Waals surface area contributed by atoms with Gasteiger partial charge in [-0.05, 0) is 32.4 Å². The van der Waals surface area contributed by atoms with Crippen LogP contribution in [0.4, 0.5) is 0 Å². The molecule has 0 spiro atoms. The number of methoxy groups -OCH3 is 1. The number of aliphatic hydroxyl groups is 1. The molecule has 1 N–H and O–H groups in total. The van der Waals surface area contributed by atoms with Crippen molar-refractivity contribution >= 4 is 0 Å². The van der Waals surface area contributed by atoms with Crippen LogP contribution in [0.1, 0.15) is 12.8 Å². The Bertz CT molecular complexity index is 130. The number of aliphatic hydroxyl groups excluding tert-OH is 1. The van der Waals surface area contributed by atoms with Gasteiger partial charge in [0.15, 0.2) is 0 Å². The first-order valence-electron chi connectivity index (χ1n) is 4.58. The van der Waals surface area contributed by atoms with Gasteiger partial charge in [0.1, 0.15) is 0 Å². The summed E-state index contributed by atoms with van der Waals surface area (Å²) in [4.78, 5) is 2.31. The lowest BCUT2D eigenvalue weighted by Gasteiger charge is -2.14. The van der Waals surface area contributed by atoms with Crippen molar-refractivity contribution in [2.24, 2.45) is 5.92 Å². The van der Waals surface area contributed by atoms with Gasteiger partial charge in [0.25, 0.3) is 0 Å². The summed E-state index contributed by atoms with van der Waals surface area (Å²) >= 11 is 0. The zero-order valence-corrected chi connectivity index (χ0v) is 7.99. The molecule has 1 saturated heterocycles. The number of rotatable bonds is 4. The topological polar surface area (TPSA) is 32.7 Å². The van der Waals surface area contributed by atoms with E-state index in [2.05, 4.69) is 11.9 Å². The fourth-order valence-electron chi connectivity index (χ4n) is 1.86. The van der Waals surface area contributed by atoms with Crippen molar-refractivity contribution < 1.29 is 9.84 Å². The van der Waals surface area contributed by atoms with E-state index in [1.807, 2.05) is 0 Å². The molecule has 3 heteroatoms. The first-order valence-corrected chi connectivity index (χ1v) is 4.58. The van der Waals surface area contributed by atoms with Gasteiger partial charge in [0.2, 0.25) is 0 Å². The molecule has 1 rings (SSSR count). The first-order chi connectivity index (χ1) is 5.72. The van der Waals surface area contributed by atoms with Gasteiger partial charge in [-0.2, -0.15) is 0 Å². The Hall–Kier alpha value is -0.120. The Morgan fingerprint density at radius 1 is 1.67 bits per heavy atom. The number of hydrogen-bond donors (Lipinski definition) is 1. The molecule has 0 aromatic heterocycles. The number of hydrogen-bond acceptors (Lipinski definition) is 3. The predicted molar refractivity (Wildman–Crippen MR) is 48.1 cm³/mol. The van der Waals surface area contributed by atoms with Crippen LogP contribution < -0.4 is 0 Å². The van der Waals surface area contributed by atoms with Crippen molar-refractivity contribution in [1.82, 2.24) is 4.90 Å². The molecule has 2 atom stereocenters. The highest BCUT2D eigenvalue weighted by atomic mass is 16.5. The summed E-state index contributed by atoms with van der Waals surface area (Å²) in [6.07, 6.45) is 1.83. The number of nitrogens with zero attached hydrogens (tertiary/aromatic N) is 1. The molecule has 2 unspecified atom stereocenters. The van der Waals surface area contributed by atoms with E-state index in [0.717, 1.165) is 13.0 Å². The summed E-state index contributed by atoms with van der Waals surface area (Å²) in [5, 5.41) is 9.45. The number of likely N-dealkylation sites (tertiary alicyclic amines) is 1. The van der Waals surface area contributed by atoms with Gasteiger partial charge in [-0.15, -0.1) is 0 Å². The van der Waals surface area contributed by atoms with Crippen molar-refractivity contribution in [3.8, 4) is 0 Å². The van der Waals surface area contributed by atoms with Gasteiger partial charge in [-0.25, -0.2) is 0 Å². The molecule has 72 valence electrons. The second-order valence-corrected chi connectivity index (χ2v) is 3.76. The average Bonchev–Trinajstić information content (AvgIpc) is 2.36. The van der Waals surface area contributed by atoms with Crippen molar-refractivity contribution in [2.45, 2.75) is 18.9 Å². The van der Waals surface area contributed by atoms with Crippen LogP contribution in [0, 0.1) is 5.92 Å². The molecular weight excluding hydrogens is 154 g/mol. The van der Waals surface area contributed by atoms with E-state index in [1.54, 1.807) is 7.11 Å². The quantitative estimate of drug-likeness (QED) is 0.665. The van der Waals surface area contributed by atoms with Gasteiger partial charge in [-0.3, -0.25) is 0 Å². The third kappa shape index (κ3) is 3.09. The van der Waals surface area contributed by atoms with Gasteiger partial charge in [-0.1, -0.05) is 0 Å². The van der Waals surface area contributed by atoms with E-state index in [-0.39, 0.29) is 6.10 Å². The molecule has 0 bridgehead atoms. The molecule has 0 saturated carbocycles. The van der Waals surface area contributed by atoms with Crippen molar-refractivity contribution in [3.05, 3.63) is 0 Å². The maximum atomic E-state index is 9.45. The van der Waals surface area contributed by atoms with Gasteiger partial charge < -0.3 is 14.7 Å². The van der Waals surface area contributed by atoms with E-state index in [9.17, 15) is 5.11 Å². The average molecular weight is 173 g/mol. The Balaban J connectivity index is 2.14. The normalized spacial score (nSPS) is 27.8. The second-order valence-electron chi connectivity index (χ2n) is 3.76. The third-order valence-corrected chi connectivity index (χ3v) is 2.45. The van der Waals surface area contributed by atoms with Crippen molar-refractivity contribution in [2.75, 3.05) is 33.9 Å². The summed E-state index contributed by atoms with van der Waals surface area (Å²) < 4.78 is 4.88. The predicted octanol–water partition coefficient (Wildman–Crippen LogP) is 0.336. The molecule has 0 aromatic rings. The summed E-state index contributed by atoms with van der Waals surface area (Å²) in [6, 6.07) is 0. The first kappa shape index (κ1) is 9.96. The standard InChI is InChI=1S/C9H19NO2/c1-10-4-3-8(6-10)5-9(11)7-12-2/h8-9,11H,3-7H2,1-2H3. The molecule has 0 amide bonds. The summed E-state index contributed by atoms with van der Waals surface area (Å²) in [6.45, 7) is 2.77. The van der Waals surface area contributed by atoms with Crippen molar-refractivity contribution in [1.29, 1.82) is 0 Å². The van der Waals surface area contributed by atoms with Gasteiger partial charge in [0.05, 0.1) is 12.7 Å². The van der Waals surface area contributed by atoms with E-state index in [4.69, 9.17) is 4.74 Å². The van der Waals surface area contributed by atoms with E-state index in [1.165, 1.54) is 13.0 Å². The highest BCUT2D eigenvalue weighted by Gasteiger charge is 2.21. The molecule has 1 aliphatic rings. The molecule has 0 radical (unpaired) electrons. The molecular formula is C9H19NO2. The maximum Gasteiger partial charge on any atom is 0.0776 e. The lowest BCUT2D eigenvalue weighted by Crippen LogP contribution is -2.21. The lowest BCUT2D eigenvalue weighted by atomic mass is 10.0. The van der Waals surface area contributed by atoms with E-state index >= 15 is 0 Å². The lowest BCUT2D eigenvalue weighted by molar-refractivity contribution is 0.0492. The second kappa shape index (κ2) is 4.80. The van der Waals surface area contributed by atoms with Crippen LogP contribution in [0.3, 0.4) is 0 Å². The molecule has 1 aliphatic heterocycles. The largest absolute Gasteiger partial charge is 0.391 e. The molecule has 0 aliphatic carbocycles. The highest BCUT2D eigenvalue weighted by Crippen LogP contribution is 2.19. The van der Waals surface area contributed by atoms with Crippen LogP contribution in [-0.4, -0.2) is 50.0 Å². The fourth-order valence-corrected chi connectivity index (χ4v) is 1.86. The van der Waals surface area contributed by atoms with Gasteiger partial charge >= 0.3 is 0 Å². The molecule has 12 heavy (non-hydrogen) atoms. The summed E-state index contributed by atoms with van der Waals surface area (Å²) in [7, 11) is 3.76. The zero-order valence-electron chi connectivity index (χ0n) is 7.99. The van der Waals surface area contributed by atoms with Crippen LogP contribution in [0.25, 0.3) is 0 Å². The Labute approximate surface area is 74.3 Å². The number of ether oxygens (including phenoxy) is 1. The molecule has 1 heterocycles. The minimum absolute atomic E-state index is 0.272. The van der Waals surface area contributed by atoms with Crippen molar-refractivity contribution in [3.63, 3.8) is 0 Å². The van der Waals surface area contributed by atoms with E-state index < -0.39 is 0 Å². The molecule has 1 fully saturated rings. The van der Waals surface area contributed by atoms with Crippen LogP contribution in [0.15, 0.2) is 0 Å². The fraction of sp³-hybridized carbons (Fsp3) is 1.00. The monoisotopic (exact) mass is 173 g/mol. The van der Waals surface area contributed by atoms with Gasteiger partial charge in [0, 0.05) is 13.7 Å². The smallest absolute Gasteiger partial charge is 0.0776 e. The summed E-state index contributed by atoms with van der Waals surface area (Å²) in [5.41, 5.74) is 0. The highest BCUT2D eigenvalue weighted by molar-refractivity contribution is 4.75. The summed E-state index contributed by atoms with van der Waals surface area (Å²) in [5.74, 6) is 0.667. The Morgan fingerprint density at radius 2 is 2.42 bits per heavy atom. The van der Waals surface area contributed by atoms with Crippen LogP contribution in [-0.2, 0) is 4.74 Å². The van der Waals surface area contributed by atoms with Crippen LogP contribution >= 0.6 is 0 Å². The molecule has 3 nitrogen and oxygen atoms in total. The molecule has 0 aromatic carbocycles. The Morgan fingerprint density at radius 3 is 2.92 bits per heavy atom. The van der Waals surface area contributed by atoms with E-state index in [0.29, 0.717) is 12.5 Å². The Kier molecular flexibility index (Phi) is 3.98. The third-order valence-electron chi connectivity index (χ3n) is 2.45. The zero-order chi connectivity index (χ0) is 8.97. The maximum absolute atomic E-state index is 9.45. The van der Waals surface area contributed by atoms with Crippen LogP contribution in [0.5, 0.6) is 0 Å². The minimum atomic E-state index is -0.272.